The molecular formula is C20H40O2Si. The number of carbonyl (C=O) groups excluding carboxylic acids is 1. The van der Waals surface area contributed by atoms with E-state index in [9.17, 15) is 4.79 Å². The third kappa shape index (κ3) is 11.9. The van der Waals surface area contributed by atoms with Crippen LogP contribution in [0.4, 0.5) is 0 Å². The van der Waals surface area contributed by atoms with Crippen LogP contribution in [0.2, 0.25) is 11.6 Å². The minimum Gasteiger partial charge on any atom is -0.378 e. The molecule has 1 aliphatic rings. The molecule has 0 aromatic heterocycles. The summed E-state index contributed by atoms with van der Waals surface area (Å²) in [5.74, 6) is 0. The summed E-state index contributed by atoms with van der Waals surface area (Å²) in [6.07, 6.45) is 20.1. The number of unbranched alkanes of at least 4 members (excludes halogenated alkanes) is 6. The smallest absolute Gasteiger partial charge is 0.119 e. The molecule has 0 bridgehead atoms. The van der Waals surface area contributed by atoms with E-state index < -0.39 is 0 Å². The Hall–Kier alpha value is -0.153. The average Bonchev–Trinajstić information content (AvgIpc) is 2.59. The summed E-state index contributed by atoms with van der Waals surface area (Å²) in [5.41, 5.74) is 0.463. The van der Waals surface area contributed by atoms with Crippen molar-refractivity contribution in [1.29, 1.82) is 0 Å². The predicted octanol–water partition coefficient (Wildman–Crippen LogP) is 5.44. The van der Waals surface area contributed by atoms with Crippen molar-refractivity contribution >= 4 is 15.8 Å². The van der Waals surface area contributed by atoms with Crippen LogP contribution in [0.5, 0.6) is 0 Å². The second kappa shape index (κ2) is 15.4. The summed E-state index contributed by atoms with van der Waals surface area (Å²) in [4.78, 5) is 11.1. The van der Waals surface area contributed by atoms with Gasteiger partial charge in [-0.05, 0) is 25.7 Å². The van der Waals surface area contributed by atoms with E-state index in [2.05, 4.69) is 6.92 Å². The highest BCUT2D eigenvalue weighted by molar-refractivity contribution is 6.42. The minimum atomic E-state index is -0.131. The zero-order valence-corrected chi connectivity index (χ0v) is 17.0. The van der Waals surface area contributed by atoms with E-state index in [0.717, 1.165) is 6.61 Å². The van der Waals surface area contributed by atoms with Crippen molar-refractivity contribution in [2.75, 3.05) is 6.61 Å². The molecule has 0 saturated heterocycles. The minimum absolute atomic E-state index is 0.131. The fourth-order valence-corrected chi connectivity index (χ4v) is 5.66. The molecule has 2 nitrogen and oxygen atoms in total. The summed E-state index contributed by atoms with van der Waals surface area (Å²) >= 11 is 0. The predicted molar refractivity (Wildman–Crippen MR) is 103 cm³/mol. The molecule has 1 saturated carbocycles. The summed E-state index contributed by atoms with van der Waals surface area (Å²) in [6.45, 7) is 3.21. The molecule has 1 aliphatic carbocycles. The Balaban J connectivity index is 1.82. The molecule has 136 valence electrons. The summed E-state index contributed by atoms with van der Waals surface area (Å²) in [6, 6.07) is 1.36. The van der Waals surface area contributed by atoms with Crippen molar-refractivity contribution in [1.82, 2.24) is 0 Å². The lowest BCUT2D eigenvalue weighted by Gasteiger charge is -2.21. The fraction of sp³-hybridized carbons (Fsp3) is 0.950. The second-order valence-corrected chi connectivity index (χ2v) is 9.77. The first-order valence-corrected chi connectivity index (χ1v) is 12.3. The average molecular weight is 341 g/mol. The first-order valence-electron chi connectivity index (χ1n) is 10.4. The Morgan fingerprint density at radius 3 is 2.39 bits per heavy atom. The lowest BCUT2D eigenvalue weighted by Crippen LogP contribution is -2.17. The van der Waals surface area contributed by atoms with Gasteiger partial charge in [-0.25, -0.2) is 0 Å². The zero-order valence-electron chi connectivity index (χ0n) is 15.6. The van der Waals surface area contributed by atoms with Crippen LogP contribution in [0.25, 0.3) is 0 Å². The van der Waals surface area contributed by atoms with Crippen LogP contribution in [0.1, 0.15) is 96.8 Å². The Kier molecular flexibility index (Phi) is 14.0. The first kappa shape index (κ1) is 20.9. The zero-order chi connectivity index (χ0) is 16.6. The lowest BCUT2D eigenvalue weighted by atomic mass is 9.98. The van der Waals surface area contributed by atoms with Gasteiger partial charge in [0.1, 0.15) is 6.29 Å². The highest BCUT2D eigenvalue weighted by Gasteiger charge is 2.12. The highest BCUT2D eigenvalue weighted by Crippen LogP contribution is 2.21. The number of hydrogen-bond donors (Lipinski definition) is 0. The molecule has 23 heavy (non-hydrogen) atoms. The molecule has 1 atom stereocenters. The Morgan fingerprint density at radius 2 is 1.70 bits per heavy atom. The Labute approximate surface area is 147 Å². The number of carbonyl (C=O) groups is 1. The van der Waals surface area contributed by atoms with Crippen LogP contribution in [-0.2, 0) is 9.53 Å². The molecule has 0 amide bonds. The van der Waals surface area contributed by atoms with Crippen molar-refractivity contribution in [3.05, 3.63) is 0 Å². The highest BCUT2D eigenvalue weighted by atomic mass is 28.2. The maximum atomic E-state index is 11.1. The van der Waals surface area contributed by atoms with E-state index in [1.807, 2.05) is 0 Å². The van der Waals surface area contributed by atoms with Gasteiger partial charge in [-0.15, -0.1) is 0 Å². The van der Waals surface area contributed by atoms with Crippen LogP contribution in [0.3, 0.4) is 0 Å². The van der Waals surface area contributed by atoms with Crippen LogP contribution in [-0.4, -0.2) is 28.5 Å². The monoisotopic (exact) mass is 340 g/mol. The first-order chi connectivity index (χ1) is 11.4. The maximum Gasteiger partial charge on any atom is 0.119 e. The van der Waals surface area contributed by atoms with Crippen molar-refractivity contribution in [3.63, 3.8) is 0 Å². The molecule has 3 heteroatoms. The van der Waals surface area contributed by atoms with Crippen LogP contribution < -0.4 is 0 Å². The summed E-state index contributed by atoms with van der Waals surface area (Å²) in [5, 5.41) is 0. The Morgan fingerprint density at radius 1 is 1.00 bits per heavy atom. The topological polar surface area (TPSA) is 26.3 Å². The molecule has 0 radical (unpaired) electrons. The van der Waals surface area contributed by atoms with Gasteiger partial charge in [0.25, 0.3) is 0 Å². The molecule has 0 N–H and O–H groups in total. The van der Waals surface area contributed by atoms with E-state index in [4.69, 9.17) is 4.74 Å². The van der Waals surface area contributed by atoms with Gasteiger partial charge in [0.05, 0.1) is 6.10 Å². The quantitative estimate of drug-likeness (QED) is 0.225. The van der Waals surface area contributed by atoms with Crippen molar-refractivity contribution in [3.8, 4) is 0 Å². The van der Waals surface area contributed by atoms with Gasteiger partial charge >= 0.3 is 0 Å². The maximum absolute atomic E-state index is 11.1. The molecule has 1 rings (SSSR count). The largest absolute Gasteiger partial charge is 0.378 e. The van der Waals surface area contributed by atoms with Gasteiger partial charge in [0.15, 0.2) is 0 Å². The van der Waals surface area contributed by atoms with E-state index in [0.29, 0.717) is 11.6 Å². The fourth-order valence-electron chi connectivity index (χ4n) is 3.63. The van der Waals surface area contributed by atoms with Gasteiger partial charge in [-0.3, -0.25) is 0 Å². The van der Waals surface area contributed by atoms with Crippen molar-refractivity contribution in [2.45, 2.75) is 115 Å². The molecule has 0 heterocycles. The number of aldehydes is 1. The van der Waals surface area contributed by atoms with Gasteiger partial charge in [0.2, 0.25) is 0 Å². The van der Waals surface area contributed by atoms with Gasteiger partial charge in [0, 0.05) is 21.7 Å². The third-order valence-electron chi connectivity index (χ3n) is 5.25. The lowest BCUT2D eigenvalue weighted by molar-refractivity contribution is -0.107. The van der Waals surface area contributed by atoms with Gasteiger partial charge in [-0.2, -0.15) is 0 Å². The van der Waals surface area contributed by atoms with Crippen LogP contribution >= 0.6 is 0 Å². The number of hydrogen-bond acceptors (Lipinski definition) is 2. The number of rotatable bonds is 15. The Bertz CT molecular complexity index is 264. The van der Waals surface area contributed by atoms with E-state index in [1.54, 1.807) is 0 Å². The molecule has 0 spiro atoms. The normalized spacial score (nSPS) is 17.8. The molecule has 1 fully saturated rings. The molecular weight excluding hydrogens is 300 g/mol. The van der Waals surface area contributed by atoms with E-state index in [1.165, 1.54) is 102 Å². The van der Waals surface area contributed by atoms with Crippen molar-refractivity contribution in [2.24, 2.45) is 0 Å². The van der Waals surface area contributed by atoms with Gasteiger partial charge < -0.3 is 9.53 Å². The van der Waals surface area contributed by atoms with Crippen LogP contribution in [0.15, 0.2) is 0 Å². The number of ether oxygens (including phenoxy) is 1. The van der Waals surface area contributed by atoms with E-state index in [-0.39, 0.29) is 9.52 Å². The van der Waals surface area contributed by atoms with Crippen molar-refractivity contribution < 1.29 is 9.53 Å². The second-order valence-electron chi connectivity index (χ2n) is 7.43. The molecule has 0 aromatic carbocycles. The molecule has 1 unspecified atom stereocenters. The standard InChI is InChI=1S/C20H40O2Si/c1-2-3-17-23-20(18-21)15-11-6-4-5-7-12-16-22-19-13-9-8-10-14-19/h18-20H,2-17,23H2,1H3. The summed E-state index contributed by atoms with van der Waals surface area (Å²) < 4.78 is 5.97. The molecule has 0 aromatic rings. The SMILES string of the molecule is CCCC[SiH2]C(C=O)CCCCCCCCOC1CCCCC1. The summed E-state index contributed by atoms with van der Waals surface area (Å²) in [7, 11) is -0.131. The molecule has 0 aliphatic heterocycles. The van der Waals surface area contributed by atoms with Gasteiger partial charge in [-0.1, -0.05) is 77.2 Å². The third-order valence-corrected chi connectivity index (χ3v) is 7.50. The van der Waals surface area contributed by atoms with E-state index >= 15 is 0 Å². The van der Waals surface area contributed by atoms with Crippen LogP contribution in [0, 0.1) is 0 Å².